The van der Waals surface area contributed by atoms with Gasteiger partial charge in [0.15, 0.2) is 0 Å². The fraction of sp³-hybridized carbons (Fsp3) is 0.226. The molecular weight excluding hydrogens is 584 g/mol. The average molecular weight is 623 g/mol. The van der Waals surface area contributed by atoms with Crippen molar-refractivity contribution in [2.45, 2.75) is 36.6 Å². The number of anilines is 1. The first kappa shape index (κ1) is 33.8. The number of aromatic nitrogens is 1. The third-order valence-corrected chi connectivity index (χ3v) is 8.38. The molecule has 4 aromatic rings. The maximum Gasteiger partial charge on any atom is 0.326 e. The lowest BCUT2D eigenvalue weighted by molar-refractivity contribution is -0.139. The van der Waals surface area contributed by atoms with Gasteiger partial charge in [-0.2, -0.15) is 0 Å². The lowest BCUT2D eigenvalue weighted by Crippen LogP contribution is -2.43. The predicted molar refractivity (Wildman–Crippen MR) is 173 cm³/mol. The number of unbranched alkanes of at least 4 members (excludes halogenated alkanes) is 1. The molecule has 1 heterocycles. The summed E-state index contributed by atoms with van der Waals surface area (Å²) in [5, 5.41) is 24.8. The summed E-state index contributed by atoms with van der Waals surface area (Å²) >= 11 is 0. The Morgan fingerprint density at radius 1 is 0.977 bits per heavy atom. The van der Waals surface area contributed by atoms with Crippen molar-refractivity contribution in [2.24, 2.45) is 5.73 Å². The van der Waals surface area contributed by atoms with Crippen LogP contribution < -0.4 is 21.7 Å². The molecule has 44 heavy (non-hydrogen) atoms. The maximum atomic E-state index is 13.5. The van der Waals surface area contributed by atoms with Gasteiger partial charge in [-0.15, -0.1) is 0 Å². The summed E-state index contributed by atoms with van der Waals surface area (Å²) in [6.45, 7) is 0.848. The van der Waals surface area contributed by atoms with Crippen LogP contribution in [0.1, 0.15) is 35.3 Å². The van der Waals surface area contributed by atoms with Crippen molar-refractivity contribution in [3.63, 3.8) is 0 Å². The highest BCUT2D eigenvalue weighted by Gasteiger charge is 2.29. The minimum Gasteiger partial charge on any atom is -0.480 e. The van der Waals surface area contributed by atoms with Crippen LogP contribution in [-0.2, 0) is 16.0 Å². The topological polar surface area (TPSA) is 203 Å². The molecule has 1 unspecified atom stereocenters. The summed E-state index contributed by atoms with van der Waals surface area (Å²) in [4.78, 5) is 38.0. The number of rotatable bonds is 13. The molecule has 13 heteroatoms. The van der Waals surface area contributed by atoms with Crippen molar-refractivity contribution in [2.75, 3.05) is 18.9 Å². The van der Waals surface area contributed by atoms with Crippen LogP contribution >= 0.6 is 10.8 Å². The first-order valence-electron chi connectivity index (χ1n) is 13.8. The highest BCUT2D eigenvalue weighted by atomic mass is 32.3. The van der Waals surface area contributed by atoms with Crippen LogP contribution in [0.15, 0.2) is 89.8 Å². The number of hydrogen-bond acceptors (Lipinski definition) is 7. The van der Waals surface area contributed by atoms with Gasteiger partial charge in [0.2, 0.25) is 5.91 Å². The molecule has 0 radical (unpaired) electrons. The second-order valence-corrected chi connectivity index (χ2v) is 11.6. The number of hydrogen-bond donors (Lipinski definition) is 8. The van der Waals surface area contributed by atoms with Gasteiger partial charge in [-0.25, -0.2) is 8.77 Å². The van der Waals surface area contributed by atoms with E-state index in [4.69, 9.17) is 5.41 Å². The number of aliphatic carboxylic acids is 1. The molecule has 0 spiro atoms. The van der Waals surface area contributed by atoms with Gasteiger partial charge >= 0.3 is 5.97 Å². The molecule has 0 saturated carbocycles. The Labute approximate surface area is 257 Å². The Morgan fingerprint density at radius 2 is 1.61 bits per heavy atom. The number of carbonyl (C=O) groups excluding carboxylic acids is 2. The third kappa shape index (κ3) is 8.91. The Kier molecular flexibility index (Phi) is 12.5. The minimum absolute atomic E-state index is 0.0194. The van der Waals surface area contributed by atoms with Crippen LogP contribution in [-0.4, -0.2) is 61.9 Å². The second-order valence-electron chi connectivity index (χ2n) is 9.76. The Balaban J connectivity index is 0.00000169. The highest BCUT2D eigenvalue weighted by Crippen LogP contribution is 2.52. The zero-order valence-electron chi connectivity index (χ0n) is 24.3. The van der Waals surface area contributed by atoms with Crippen molar-refractivity contribution in [1.82, 2.24) is 14.6 Å². The molecule has 1 atom stereocenters. The largest absolute Gasteiger partial charge is 0.480 e. The van der Waals surface area contributed by atoms with E-state index in [1.807, 2.05) is 7.05 Å². The molecule has 9 N–H and O–H groups in total. The summed E-state index contributed by atoms with van der Waals surface area (Å²) in [5.41, 5.74) is 5.97. The summed E-state index contributed by atoms with van der Waals surface area (Å²) < 4.78 is 23.7. The lowest BCUT2D eigenvalue weighted by atomic mass is 10.1. The number of nitrogens with one attached hydrogen (secondary N) is 4. The van der Waals surface area contributed by atoms with E-state index in [1.54, 1.807) is 78.9 Å². The average Bonchev–Trinajstić information content (AvgIpc) is 3.42. The second kappa shape index (κ2) is 16.2. The molecule has 4 rings (SSSR count). The molecule has 0 bridgehead atoms. The maximum absolute atomic E-state index is 13.5. The normalized spacial score (nSPS) is 12.0. The summed E-state index contributed by atoms with van der Waals surface area (Å²) in [6, 6.07) is 22.1. The zero-order valence-corrected chi connectivity index (χ0v) is 25.1. The summed E-state index contributed by atoms with van der Waals surface area (Å²) in [5.74, 6) is -2.09. The number of amides is 2. The SMILES string of the molecule is CNCCCCC(=O)Nc1ccc(CC(NC(=O)c2cc3ccccc3n2S(O)(O)c2ccccc2)C(=O)O)cc1.N=CN. The quantitative estimate of drug-likeness (QED) is 0.0603. The molecule has 0 aliphatic carbocycles. The Morgan fingerprint density at radius 3 is 2.25 bits per heavy atom. The van der Waals surface area contributed by atoms with Crippen molar-refractivity contribution in [3.05, 3.63) is 96.2 Å². The van der Waals surface area contributed by atoms with Crippen molar-refractivity contribution < 1.29 is 28.6 Å². The Hall–Kier alpha value is -4.69. The molecule has 1 aromatic heterocycles. The number of carboxylic acid groups (broad SMARTS) is 1. The number of nitrogens with two attached hydrogens (primary N) is 1. The third-order valence-electron chi connectivity index (χ3n) is 6.57. The number of fused-ring (bicyclic) bond motifs is 1. The highest BCUT2D eigenvalue weighted by molar-refractivity contribution is 8.23. The number of carboxylic acids is 1. The molecule has 0 aliphatic heterocycles. The number of carbonyl (C=O) groups is 3. The standard InChI is InChI=1S/C30H34N4O6S.CH4N2/c1-31-18-8-7-13-28(35)32-23-16-14-21(15-17-23)19-25(30(37)38)33-29(36)27-20-22-9-5-6-12-26(22)34(27)41(39,40)24-10-3-2-4-11-24;2-1-3/h2-6,9-12,14-17,20,25,31,39-40H,7-8,13,18-19H2,1H3,(H,32,35)(H,33,36)(H,37,38);1H,(H3,2,3). The molecule has 0 fully saturated rings. The van der Waals surface area contributed by atoms with Gasteiger partial charge in [-0.05, 0) is 68.4 Å². The number of benzene rings is 3. The predicted octanol–water partition coefficient (Wildman–Crippen LogP) is 4.52. The smallest absolute Gasteiger partial charge is 0.326 e. The molecule has 12 nitrogen and oxygen atoms in total. The van der Waals surface area contributed by atoms with Gasteiger partial charge in [-0.3, -0.25) is 24.1 Å². The van der Waals surface area contributed by atoms with E-state index < -0.39 is 28.7 Å². The van der Waals surface area contributed by atoms with E-state index in [0.717, 1.165) is 25.7 Å². The monoisotopic (exact) mass is 622 g/mol. The van der Waals surface area contributed by atoms with Crippen LogP contribution in [0.5, 0.6) is 0 Å². The first-order chi connectivity index (χ1) is 21.1. The number of para-hydroxylation sites is 1. The zero-order chi connectivity index (χ0) is 32.1. The van der Waals surface area contributed by atoms with E-state index in [-0.39, 0.29) is 22.9 Å². The molecule has 2 amide bonds. The van der Waals surface area contributed by atoms with E-state index in [0.29, 0.717) is 28.6 Å². The minimum atomic E-state index is -3.67. The van der Waals surface area contributed by atoms with Crippen molar-refractivity contribution in [3.8, 4) is 0 Å². The van der Waals surface area contributed by atoms with Crippen LogP contribution in [0, 0.1) is 5.41 Å². The van der Waals surface area contributed by atoms with Crippen LogP contribution in [0.4, 0.5) is 5.69 Å². The van der Waals surface area contributed by atoms with Crippen molar-refractivity contribution in [1.29, 1.82) is 5.41 Å². The molecule has 234 valence electrons. The van der Waals surface area contributed by atoms with E-state index in [1.165, 1.54) is 10.0 Å². The molecular formula is C31H38N6O6S. The fourth-order valence-corrected chi connectivity index (χ4v) is 6.06. The van der Waals surface area contributed by atoms with Crippen LogP contribution in [0.2, 0.25) is 0 Å². The summed E-state index contributed by atoms with van der Waals surface area (Å²) in [7, 11) is -1.80. The van der Waals surface area contributed by atoms with Crippen LogP contribution in [0.3, 0.4) is 0 Å². The van der Waals surface area contributed by atoms with Gasteiger partial charge in [-0.1, -0.05) is 59.3 Å². The van der Waals surface area contributed by atoms with E-state index in [9.17, 15) is 28.6 Å². The molecule has 3 aromatic carbocycles. The molecule has 0 aliphatic rings. The Bertz CT molecular complexity index is 1560. The van der Waals surface area contributed by atoms with Crippen molar-refractivity contribution >= 4 is 51.5 Å². The number of nitrogens with zero attached hydrogens (tertiary/aromatic N) is 1. The van der Waals surface area contributed by atoms with Gasteiger partial charge in [0, 0.05) is 23.9 Å². The van der Waals surface area contributed by atoms with Gasteiger partial charge in [0.25, 0.3) is 5.91 Å². The fourth-order valence-electron chi connectivity index (χ4n) is 4.47. The lowest BCUT2D eigenvalue weighted by Gasteiger charge is -2.35. The van der Waals surface area contributed by atoms with E-state index in [2.05, 4.69) is 21.7 Å². The van der Waals surface area contributed by atoms with Crippen LogP contribution in [0.25, 0.3) is 10.9 Å². The molecule has 0 saturated heterocycles. The van der Waals surface area contributed by atoms with Gasteiger partial charge in [0.05, 0.1) is 16.8 Å². The summed E-state index contributed by atoms with van der Waals surface area (Å²) in [6.07, 6.45) is 2.80. The van der Waals surface area contributed by atoms with Gasteiger partial charge < -0.3 is 26.8 Å². The first-order valence-corrected chi connectivity index (χ1v) is 15.3. The van der Waals surface area contributed by atoms with E-state index >= 15 is 0 Å². The van der Waals surface area contributed by atoms with Gasteiger partial charge in [0.1, 0.15) is 11.7 Å².